The summed E-state index contributed by atoms with van der Waals surface area (Å²) in [6.07, 6.45) is 7.77. The highest BCUT2D eigenvalue weighted by Gasteiger charge is 2.31. The lowest BCUT2D eigenvalue weighted by Crippen LogP contribution is -2.23. The molecule has 0 aliphatic heterocycles. The first-order valence-corrected chi connectivity index (χ1v) is 6.09. The largest absolute Gasteiger partial charge is 0.299 e. The summed E-state index contributed by atoms with van der Waals surface area (Å²) in [4.78, 5) is 0. The van der Waals surface area contributed by atoms with Crippen molar-refractivity contribution >= 4 is 23.2 Å². The van der Waals surface area contributed by atoms with Gasteiger partial charge in [0.15, 0.2) is 0 Å². The number of terminal acetylenes is 1. The molecule has 1 aliphatic carbocycles. The van der Waals surface area contributed by atoms with Crippen LogP contribution in [0.5, 0.6) is 0 Å². The molecule has 16 heavy (non-hydrogen) atoms. The van der Waals surface area contributed by atoms with Gasteiger partial charge in [-0.1, -0.05) is 35.2 Å². The van der Waals surface area contributed by atoms with E-state index in [4.69, 9.17) is 29.6 Å². The predicted molar refractivity (Wildman–Crippen MR) is 68.8 cm³/mol. The lowest BCUT2D eigenvalue weighted by molar-refractivity contribution is 0.511. The zero-order valence-electron chi connectivity index (χ0n) is 8.84. The van der Waals surface area contributed by atoms with Gasteiger partial charge in [-0.3, -0.25) is 5.32 Å². The molecule has 0 amide bonds. The minimum atomic E-state index is 0.311. The summed E-state index contributed by atoms with van der Waals surface area (Å²) in [6.45, 7) is 0.585. The van der Waals surface area contributed by atoms with E-state index in [1.807, 2.05) is 18.2 Å². The second-order valence-corrected chi connectivity index (χ2v) is 4.89. The normalized spacial score (nSPS) is 16.8. The van der Waals surface area contributed by atoms with Crippen molar-refractivity contribution in [2.24, 2.45) is 5.92 Å². The van der Waals surface area contributed by atoms with Gasteiger partial charge in [-0.15, -0.1) is 6.42 Å². The lowest BCUT2D eigenvalue weighted by Gasteiger charge is -2.17. The first-order chi connectivity index (χ1) is 7.72. The maximum atomic E-state index is 6.02. The quantitative estimate of drug-likeness (QED) is 0.808. The van der Waals surface area contributed by atoms with Gasteiger partial charge in [-0.25, -0.2) is 0 Å². The maximum Gasteiger partial charge on any atom is 0.0595 e. The summed E-state index contributed by atoms with van der Waals surface area (Å²) >= 11 is 11.9. The zero-order chi connectivity index (χ0) is 11.5. The van der Waals surface area contributed by atoms with Gasteiger partial charge >= 0.3 is 0 Å². The molecule has 0 spiro atoms. The Kier molecular flexibility index (Phi) is 3.76. The molecule has 1 N–H and O–H groups in total. The Morgan fingerprint density at radius 2 is 2.12 bits per heavy atom. The van der Waals surface area contributed by atoms with E-state index in [-0.39, 0.29) is 0 Å². The van der Waals surface area contributed by atoms with E-state index in [1.165, 1.54) is 18.4 Å². The topological polar surface area (TPSA) is 12.0 Å². The molecule has 1 nitrogen and oxygen atoms in total. The highest BCUT2D eigenvalue weighted by molar-refractivity contribution is 6.42. The molecule has 0 bridgehead atoms. The van der Waals surface area contributed by atoms with Gasteiger partial charge in [-0.05, 0) is 36.5 Å². The highest BCUT2D eigenvalue weighted by Crippen LogP contribution is 2.41. The highest BCUT2D eigenvalue weighted by atomic mass is 35.5. The van der Waals surface area contributed by atoms with E-state index >= 15 is 0 Å². The molecule has 1 aromatic rings. The lowest BCUT2D eigenvalue weighted by atomic mass is 10.0. The van der Waals surface area contributed by atoms with Crippen molar-refractivity contribution in [2.75, 3.05) is 6.54 Å². The molecule has 0 radical (unpaired) electrons. The van der Waals surface area contributed by atoms with Crippen LogP contribution in [0.15, 0.2) is 18.2 Å². The molecule has 1 saturated carbocycles. The Bertz CT molecular complexity index is 418. The number of hydrogen-bond donors (Lipinski definition) is 1. The van der Waals surface area contributed by atoms with E-state index in [0.29, 0.717) is 28.5 Å². The predicted octanol–water partition coefficient (Wildman–Crippen LogP) is 3.67. The average molecular weight is 254 g/mol. The SMILES string of the molecule is C#CCNC(c1ccc(Cl)c(Cl)c1)C1CC1. The van der Waals surface area contributed by atoms with Crippen LogP contribution in [-0.4, -0.2) is 6.54 Å². The molecule has 84 valence electrons. The summed E-state index contributed by atoms with van der Waals surface area (Å²) < 4.78 is 0. The van der Waals surface area contributed by atoms with Crippen LogP contribution in [0.1, 0.15) is 24.4 Å². The number of hydrogen-bond acceptors (Lipinski definition) is 1. The summed E-state index contributed by atoms with van der Waals surface area (Å²) in [6, 6.07) is 6.09. The molecular formula is C13H13Cl2N. The molecule has 0 saturated heterocycles. The summed E-state index contributed by atoms with van der Waals surface area (Å²) in [5, 5.41) is 4.55. The van der Waals surface area contributed by atoms with Crippen molar-refractivity contribution in [1.82, 2.24) is 5.32 Å². The molecular weight excluding hydrogens is 241 g/mol. The third kappa shape index (κ3) is 2.71. The van der Waals surface area contributed by atoms with Crippen LogP contribution in [0.25, 0.3) is 0 Å². The minimum Gasteiger partial charge on any atom is -0.299 e. The number of nitrogens with one attached hydrogen (secondary N) is 1. The van der Waals surface area contributed by atoms with Crippen molar-refractivity contribution in [3.05, 3.63) is 33.8 Å². The Morgan fingerprint density at radius 3 is 2.69 bits per heavy atom. The Balaban J connectivity index is 2.18. The van der Waals surface area contributed by atoms with Crippen molar-refractivity contribution in [3.63, 3.8) is 0 Å². The van der Waals surface area contributed by atoms with Crippen molar-refractivity contribution in [2.45, 2.75) is 18.9 Å². The fraction of sp³-hybridized carbons (Fsp3) is 0.385. The van der Waals surface area contributed by atoms with Gasteiger partial charge < -0.3 is 0 Å². The second-order valence-electron chi connectivity index (χ2n) is 4.07. The van der Waals surface area contributed by atoms with Crippen LogP contribution >= 0.6 is 23.2 Å². The first-order valence-electron chi connectivity index (χ1n) is 5.34. The van der Waals surface area contributed by atoms with Gasteiger partial charge in [0.05, 0.1) is 16.6 Å². The van der Waals surface area contributed by atoms with Crippen molar-refractivity contribution < 1.29 is 0 Å². The van der Waals surface area contributed by atoms with Gasteiger partial charge in [0, 0.05) is 6.04 Å². The molecule has 1 aromatic carbocycles. The number of rotatable bonds is 4. The average Bonchev–Trinajstić information content (AvgIpc) is 3.08. The number of halogens is 2. The van der Waals surface area contributed by atoms with Gasteiger partial charge in [0.25, 0.3) is 0 Å². The van der Waals surface area contributed by atoms with Crippen LogP contribution in [-0.2, 0) is 0 Å². The summed E-state index contributed by atoms with van der Waals surface area (Å²) in [7, 11) is 0. The molecule has 3 heteroatoms. The molecule has 1 aliphatic rings. The fourth-order valence-electron chi connectivity index (χ4n) is 1.86. The monoisotopic (exact) mass is 253 g/mol. The smallest absolute Gasteiger partial charge is 0.0595 e. The zero-order valence-corrected chi connectivity index (χ0v) is 10.4. The van der Waals surface area contributed by atoms with Crippen LogP contribution in [0.3, 0.4) is 0 Å². The molecule has 1 atom stereocenters. The van der Waals surface area contributed by atoms with E-state index in [0.717, 1.165) is 0 Å². The third-order valence-corrected chi connectivity index (χ3v) is 3.56. The molecule has 1 fully saturated rings. The molecule has 0 aromatic heterocycles. The Morgan fingerprint density at radius 1 is 1.38 bits per heavy atom. The van der Waals surface area contributed by atoms with E-state index in [9.17, 15) is 0 Å². The van der Waals surface area contributed by atoms with Crippen LogP contribution < -0.4 is 5.32 Å². The standard InChI is InChI=1S/C13H13Cl2N/c1-2-7-16-13(9-3-4-9)10-5-6-11(14)12(15)8-10/h1,5-6,8-9,13,16H,3-4,7H2. The van der Waals surface area contributed by atoms with Crippen LogP contribution in [0, 0.1) is 18.3 Å². The van der Waals surface area contributed by atoms with E-state index in [2.05, 4.69) is 11.2 Å². The Labute approximate surface area is 106 Å². The third-order valence-electron chi connectivity index (χ3n) is 2.82. The Hall–Kier alpha value is -0.680. The van der Waals surface area contributed by atoms with Crippen molar-refractivity contribution in [1.29, 1.82) is 0 Å². The number of benzene rings is 1. The molecule has 1 unspecified atom stereocenters. The van der Waals surface area contributed by atoms with Crippen LogP contribution in [0.2, 0.25) is 10.0 Å². The first kappa shape index (κ1) is 11.8. The minimum absolute atomic E-state index is 0.311. The van der Waals surface area contributed by atoms with Gasteiger partial charge in [0.1, 0.15) is 0 Å². The van der Waals surface area contributed by atoms with Gasteiger partial charge in [-0.2, -0.15) is 0 Å². The van der Waals surface area contributed by atoms with Gasteiger partial charge in [0.2, 0.25) is 0 Å². The van der Waals surface area contributed by atoms with E-state index in [1.54, 1.807) is 0 Å². The fourth-order valence-corrected chi connectivity index (χ4v) is 2.17. The summed E-state index contributed by atoms with van der Waals surface area (Å²) in [5.41, 5.74) is 1.17. The molecule has 2 rings (SSSR count). The van der Waals surface area contributed by atoms with E-state index < -0.39 is 0 Å². The summed E-state index contributed by atoms with van der Waals surface area (Å²) in [5.74, 6) is 3.29. The second kappa shape index (κ2) is 5.10. The molecule has 0 heterocycles. The maximum absolute atomic E-state index is 6.02. The van der Waals surface area contributed by atoms with Crippen LogP contribution in [0.4, 0.5) is 0 Å². The van der Waals surface area contributed by atoms with Crippen molar-refractivity contribution in [3.8, 4) is 12.3 Å².